The van der Waals surface area contributed by atoms with E-state index in [9.17, 15) is 0 Å². The summed E-state index contributed by atoms with van der Waals surface area (Å²) < 4.78 is 5.86. The third-order valence-electron chi connectivity index (χ3n) is 4.10. The predicted octanol–water partition coefficient (Wildman–Crippen LogP) is 5.35. The summed E-state index contributed by atoms with van der Waals surface area (Å²) in [4.78, 5) is 0. The normalized spacial score (nSPS) is 10.4. The van der Waals surface area contributed by atoms with Crippen LogP contribution in [0.25, 0.3) is 0 Å². The van der Waals surface area contributed by atoms with Crippen LogP contribution in [0.5, 0.6) is 5.75 Å². The van der Waals surface area contributed by atoms with Crippen LogP contribution in [0, 0.1) is 13.8 Å². The summed E-state index contributed by atoms with van der Waals surface area (Å²) in [5.74, 6) is 0.869. The molecule has 0 aliphatic heterocycles. The Morgan fingerprint density at radius 1 is 0.760 bits per heavy atom. The van der Waals surface area contributed by atoms with Crippen molar-refractivity contribution in [3.05, 3.63) is 89.5 Å². The van der Waals surface area contributed by atoms with E-state index in [1.807, 2.05) is 36.3 Å². The molecule has 25 heavy (non-hydrogen) atoms. The number of nitrogens with zero attached hydrogens (tertiary/aromatic N) is 1. The molecule has 0 radical (unpaired) electrons. The van der Waals surface area contributed by atoms with Crippen LogP contribution in [0.3, 0.4) is 0 Å². The van der Waals surface area contributed by atoms with Crippen LogP contribution < -0.4 is 15.2 Å². The zero-order chi connectivity index (χ0) is 17.6. The monoisotopic (exact) mass is 332 g/mol. The first-order valence-electron chi connectivity index (χ1n) is 8.45. The van der Waals surface area contributed by atoms with Crippen molar-refractivity contribution in [1.82, 2.24) is 0 Å². The summed E-state index contributed by atoms with van der Waals surface area (Å²) in [7, 11) is 2.00. The van der Waals surface area contributed by atoms with E-state index >= 15 is 0 Å². The number of hydrogen-bond donors (Lipinski definition) is 1. The number of aryl methyl sites for hydroxylation is 2. The molecule has 1 N–H and O–H groups in total. The lowest BCUT2D eigenvalue weighted by Crippen LogP contribution is -2.24. The number of hydrazine groups is 1. The Hall–Kier alpha value is -2.94. The van der Waals surface area contributed by atoms with Crippen molar-refractivity contribution in [3.63, 3.8) is 0 Å². The lowest BCUT2D eigenvalue weighted by Gasteiger charge is -2.22. The molecule has 0 atom stereocenters. The number of ether oxygens (including phenoxy) is 1. The van der Waals surface area contributed by atoms with Crippen LogP contribution in [0.15, 0.2) is 72.8 Å². The molecule has 0 amide bonds. The van der Waals surface area contributed by atoms with Crippen LogP contribution in [0.1, 0.15) is 16.7 Å². The van der Waals surface area contributed by atoms with Crippen molar-refractivity contribution in [2.45, 2.75) is 20.5 Å². The van der Waals surface area contributed by atoms with Gasteiger partial charge in [0, 0.05) is 7.05 Å². The number of anilines is 2. The van der Waals surface area contributed by atoms with E-state index < -0.39 is 0 Å². The second-order valence-corrected chi connectivity index (χ2v) is 6.31. The van der Waals surface area contributed by atoms with E-state index in [0.29, 0.717) is 6.61 Å². The number of hydrogen-bond acceptors (Lipinski definition) is 3. The Kier molecular flexibility index (Phi) is 5.24. The SMILES string of the molecule is Cc1ccc(COc2ccc(N(C)Nc3ccc(C)cc3)cc2)cc1. The standard InChI is InChI=1S/C22H24N2O/c1-17-4-8-19(9-5-17)16-25-22-14-12-21(13-15-22)24(3)23-20-10-6-18(2)7-11-20/h4-15,23H,16H2,1-3H3. The smallest absolute Gasteiger partial charge is 0.119 e. The highest BCUT2D eigenvalue weighted by molar-refractivity contribution is 5.55. The molecule has 0 fully saturated rings. The van der Waals surface area contributed by atoms with Gasteiger partial charge in [-0.3, -0.25) is 10.4 Å². The third kappa shape index (κ3) is 4.77. The Balaban J connectivity index is 1.57. The van der Waals surface area contributed by atoms with Crippen molar-refractivity contribution in [2.24, 2.45) is 0 Å². The second kappa shape index (κ2) is 7.75. The lowest BCUT2D eigenvalue weighted by molar-refractivity contribution is 0.306. The molecule has 3 aromatic rings. The molecule has 0 spiro atoms. The largest absolute Gasteiger partial charge is 0.489 e. The molecular weight excluding hydrogens is 308 g/mol. The minimum atomic E-state index is 0.580. The molecule has 0 aromatic heterocycles. The van der Waals surface area contributed by atoms with Gasteiger partial charge in [0.05, 0.1) is 11.4 Å². The summed E-state index contributed by atoms with van der Waals surface area (Å²) in [5.41, 5.74) is 9.18. The van der Waals surface area contributed by atoms with E-state index in [-0.39, 0.29) is 0 Å². The van der Waals surface area contributed by atoms with E-state index in [0.717, 1.165) is 17.1 Å². The highest BCUT2D eigenvalue weighted by Crippen LogP contribution is 2.20. The molecule has 0 aliphatic carbocycles. The Morgan fingerprint density at radius 2 is 1.32 bits per heavy atom. The van der Waals surface area contributed by atoms with Crippen LogP contribution in [-0.4, -0.2) is 7.05 Å². The molecule has 3 aromatic carbocycles. The fourth-order valence-electron chi connectivity index (χ4n) is 2.50. The summed E-state index contributed by atoms with van der Waals surface area (Å²) in [6.45, 7) is 4.75. The van der Waals surface area contributed by atoms with Crippen molar-refractivity contribution in [2.75, 3.05) is 17.5 Å². The van der Waals surface area contributed by atoms with Crippen molar-refractivity contribution in [1.29, 1.82) is 0 Å². The minimum Gasteiger partial charge on any atom is -0.489 e. The summed E-state index contributed by atoms with van der Waals surface area (Å²) in [5, 5.41) is 1.99. The van der Waals surface area contributed by atoms with Crippen molar-refractivity contribution < 1.29 is 4.74 Å². The number of nitrogens with one attached hydrogen (secondary N) is 1. The first-order chi connectivity index (χ1) is 12.1. The topological polar surface area (TPSA) is 24.5 Å². The Morgan fingerprint density at radius 3 is 1.92 bits per heavy atom. The lowest BCUT2D eigenvalue weighted by atomic mass is 10.2. The van der Waals surface area contributed by atoms with Gasteiger partial charge < -0.3 is 4.74 Å². The van der Waals surface area contributed by atoms with Crippen molar-refractivity contribution >= 4 is 11.4 Å². The summed E-state index contributed by atoms with van der Waals surface area (Å²) >= 11 is 0. The first kappa shape index (κ1) is 16.9. The third-order valence-corrected chi connectivity index (χ3v) is 4.10. The second-order valence-electron chi connectivity index (χ2n) is 6.31. The molecular formula is C22H24N2O. The maximum absolute atomic E-state index is 5.86. The highest BCUT2D eigenvalue weighted by atomic mass is 16.5. The van der Waals surface area contributed by atoms with Gasteiger partial charge in [-0.15, -0.1) is 0 Å². The summed E-state index contributed by atoms with van der Waals surface area (Å²) in [6, 6.07) is 24.8. The summed E-state index contributed by atoms with van der Waals surface area (Å²) in [6.07, 6.45) is 0. The molecule has 3 rings (SSSR count). The zero-order valence-electron chi connectivity index (χ0n) is 15.0. The quantitative estimate of drug-likeness (QED) is 0.616. The van der Waals surface area contributed by atoms with Gasteiger partial charge in [-0.2, -0.15) is 0 Å². The van der Waals surface area contributed by atoms with E-state index in [1.54, 1.807) is 0 Å². The van der Waals surface area contributed by atoms with Crippen molar-refractivity contribution in [3.8, 4) is 5.75 Å². The molecule has 0 bridgehead atoms. The van der Waals surface area contributed by atoms with E-state index in [2.05, 4.69) is 67.8 Å². The fraction of sp³-hybridized carbons (Fsp3) is 0.182. The number of benzene rings is 3. The average molecular weight is 332 g/mol. The molecule has 3 nitrogen and oxygen atoms in total. The van der Waals surface area contributed by atoms with Crippen LogP contribution in [0.4, 0.5) is 11.4 Å². The maximum atomic E-state index is 5.86. The van der Waals surface area contributed by atoms with Crippen LogP contribution in [-0.2, 0) is 6.61 Å². The molecule has 0 heterocycles. The fourth-order valence-corrected chi connectivity index (χ4v) is 2.50. The Bertz CT molecular complexity index is 793. The van der Waals surface area contributed by atoms with Crippen LogP contribution in [0.2, 0.25) is 0 Å². The van der Waals surface area contributed by atoms with E-state index in [4.69, 9.17) is 4.74 Å². The van der Waals surface area contributed by atoms with Gasteiger partial charge in [-0.25, -0.2) is 0 Å². The maximum Gasteiger partial charge on any atom is 0.119 e. The predicted molar refractivity (Wildman–Crippen MR) is 105 cm³/mol. The molecule has 0 aliphatic rings. The average Bonchev–Trinajstić information content (AvgIpc) is 2.63. The van der Waals surface area contributed by atoms with E-state index in [1.165, 1.54) is 16.7 Å². The molecule has 0 unspecified atom stereocenters. The van der Waals surface area contributed by atoms with Gasteiger partial charge in [0.1, 0.15) is 12.4 Å². The number of rotatable bonds is 6. The van der Waals surface area contributed by atoms with Gasteiger partial charge in [0.15, 0.2) is 0 Å². The van der Waals surface area contributed by atoms with Gasteiger partial charge in [0.2, 0.25) is 0 Å². The molecule has 128 valence electrons. The molecule has 0 saturated carbocycles. The van der Waals surface area contributed by atoms with Gasteiger partial charge in [-0.05, 0) is 55.8 Å². The Labute approximate surface area is 149 Å². The molecule has 0 saturated heterocycles. The molecule has 3 heteroatoms. The van der Waals surface area contributed by atoms with Gasteiger partial charge in [0.25, 0.3) is 0 Å². The highest BCUT2D eigenvalue weighted by Gasteiger charge is 2.02. The van der Waals surface area contributed by atoms with Gasteiger partial charge >= 0.3 is 0 Å². The van der Waals surface area contributed by atoms with Crippen LogP contribution >= 0.6 is 0 Å². The minimum absolute atomic E-state index is 0.580. The first-order valence-corrected chi connectivity index (χ1v) is 8.45. The zero-order valence-corrected chi connectivity index (χ0v) is 15.0. The van der Waals surface area contributed by atoms with Gasteiger partial charge in [-0.1, -0.05) is 47.5 Å².